The van der Waals surface area contributed by atoms with Crippen LogP contribution < -0.4 is 0 Å². The van der Waals surface area contributed by atoms with E-state index in [1.54, 1.807) is 6.92 Å². The van der Waals surface area contributed by atoms with Crippen LogP contribution in [-0.2, 0) is 57.0 Å². The highest BCUT2D eigenvalue weighted by molar-refractivity contribution is 5.90. The quantitative estimate of drug-likeness (QED) is 0.0518. The SMILES string of the molecule is C=C[C@@H]1[C@H](O[C@@H]2O[C@H](CO)[C@@H](O)[C@H](O)[C@H]2O)OC=C(C(=O)O[C@H]2C[C@@H]3C(C(=O)OC)=CO[C@@H](O[C@@H]4O[C@H](CO)[C@@H](O)[C@H](O)[C@H]4O)[C@@H]3[C@H]2C)[C@H]1CCOC(C)=O. The van der Waals surface area contributed by atoms with Gasteiger partial charge in [0.1, 0.15) is 54.9 Å². The number of ether oxygens (including phenoxy) is 9. The molecule has 4 aliphatic heterocycles. The molecule has 0 aromatic heterocycles. The van der Waals surface area contributed by atoms with Gasteiger partial charge in [0.2, 0.25) is 12.6 Å². The first kappa shape index (κ1) is 42.9. The van der Waals surface area contributed by atoms with Gasteiger partial charge < -0.3 is 83.5 Å². The lowest BCUT2D eigenvalue weighted by Gasteiger charge is -2.43. The van der Waals surface area contributed by atoms with Gasteiger partial charge in [0.25, 0.3) is 0 Å². The van der Waals surface area contributed by atoms with Gasteiger partial charge in [-0.05, 0) is 12.8 Å². The smallest absolute Gasteiger partial charge is 0.337 e. The Labute approximate surface area is 315 Å². The van der Waals surface area contributed by atoms with E-state index in [1.165, 1.54) is 20.1 Å². The number of hydrogen-bond acceptors (Lipinski definition) is 20. The molecule has 3 fully saturated rings. The summed E-state index contributed by atoms with van der Waals surface area (Å²) < 4.78 is 50.5. The Kier molecular flexibility index (Phi) is 14.3. The van der Waals surface area contributed by atoms with E-state index in [-0.39, 0.29) is 30.6 Å². The van der Waals surface area contributed by atoms with E-state index in [1.807, 2.05) is 0 Å². The summed E-state index contributed by atoms with van der Waals surface area (Å²) in [5.41, 5.74) is 0.104. The highest BCUT2D eigenvalue weighted by atomic mass is 16.8. The van der Waals surface area contributed by atoms with Gasteiger partial charge in [0.15, 0.2) is 12.6 Å². The van der Waals surface area contributed by atoms with Crippen LogP contribution in [0.3, 0.4) is 0 Å². The second-order valence-electron chi connectivity index (χ2n) is 14.1. The van der Waals surface area contributed by atoms with E-state index in [0.717, 1.165) is 12.5 Å². The summed E-state index contributed by atoms with van der Waals surface area (Å²) >= 11 is 0. The molecule has 0 aromatic carbocycles. The second-order valence-corrected chi connectivity index (χ2v) is 14.1. The minimum absolute atomic E-state index is 0.0121. The molecule has 1 aliphatic carbocycles. The van der Waals surface area contributed by atoms with Crippen molar-refractivity contribution in [3.8, 4) is 0 Å². The van der Waals surface area contributed by atoms with Gasteiger partial charge in [-0.3, -0.25) is 4.79 Å². The Bertz CT molecular complexity index is 1430. The van der Waals surface area contributed by atoms with Crippen molar-refractivity contribution in [3.63, 3.8) is 0 Å². The molecule has 0 radical (unpaired) electrons. The summed E-state index contributed by atoms with van der Waals surface area (Å²) in [4.78, 5) is 38.5. The summed E-state index contributed by atoms with van der Waals surface area (Å²) in [5.74, 6) is -5.84. The van der Waals surface area contributed by atoms with Crippen molar-refractivity contribution < 1.29 is 97.9 Å². The number of methoxy groups -OCH3 is 1. The Morgan fingerprint density at radius 2 is 1.35 bits per heavy atom. The molecule has 2 saturated heterocycles. The van der Waals surface area contributed by atoms with Crippen molar-refractivity contribution in [1.82, 2.24) is 0 Å². The molecule has 0 amide bonds. The van der Waals surface area contributed by atoms with Crippen molar-refractivity contribution >= 4 is 17.9 Å². The molecule has 1 saturated carbocycles. The third-order valence-corrected chi connectivity index (χ3v) is 10.8. The first-order chi connectivity index (χ1) is 26.2. The van der Waals surface area contributed by atoms with Crippen molar-refractivity contribution in [2.24, 2.45) is 29.6 Å². The molecule has 20 heteroatoms. The second kappa shape index (κ2) is 18.3. The van der Waals surface area contributed by atoms with Crippen LogP contribution in [0.4, 0.5) is 0 Å². The largest absolute Gasteiger partial charge is 0.472 e. The molecule has 55 heavy (non-hydrogen) atoms. The lowest BCUT2D eigenvalue weighted by molar-refractivity contribution is -0.342. The van der Waals surface area contributed by atoms with Gasteiger partial charge in [-0.1, -0.05) is 13.0 Å². The van der Waals surface area contributed by atoms with Crippen LogP contribution in [-0.4, -0.2) is 166 Å². The number of hydrogen-bond donors (Lipinski definition) is 8. The topological polar surface area (TPSA) is 296 Å². The van der Waals surface area contributed by atoms with E-state index in [2.05, 4.69) is 6.58 Å². The predicted octanol–water partition coefficient (Wildman–Crippen LogP) is -3.17. The van der Waals surface area contributed by atoms with E-state index in [4.69, 9.17) is 42.6 Å². The Morgan fingerprint density at radius 3 is 1.87 bits per heavy atom. The van der Waals surface area contributed by atoms with Gasteiger partial charge in [-0.25, -0.2) is 9.59 Å². The van der Waals surface area contributed by atoms with Crippen LogP contribution in [0.25, 0.3) is 0 Å². The van der Waals surface area contributed by atoms with Crippen molar-refractivity contribution in [1.29, 1.82) is 0 Å². The third kappa shape index (κ3) is 8.85. The molecule has 8 N–H and O–H groups in total. The van der Waals surface area contributed by atoms with Crippen molar-refractivity contribution in [3.05, 3.63) is 36.3 Å². The summed E-state index contributed by atoms with van der Waals surface area (Å²) in [6.07, 6.45) is -15.6. The molecule has 0 spiro atoms. The highest BCUT2D eigenvalue weighted by Gasteiger charge is 2.55. The summed E-state index contributed by atoms with van der Waals surface area (Å²) in [7, 11) is 1.18. The average molecular weight is 791 g/mol. The lowest BCUT2D eigenvalue weighted by Crippen LogP contribution is -2.60. The zero-order valence-electron chi connectivity index (χ0n) is 30.3. The van der Waals surface area contributed by atoms with E-state index in [9.17, 15) is 55.2 Å². The molecule has 20 nitrogen and oxygen atoms in total. The molecular weight excluding hydrogens is 740 g/mol. The average Bonchev–Trinajstić information content (AvgIpc) is 3.49. The fourth-order valence-corrected chi connectivity index (χ4v) is 7.74. The normalized spacial score (nSPS) is 42.7. The van der Waals surface area contributed by atoms with Gasteiger partial charge in [-0.15, -0.1) is 6.58 Å². The fraction of sp³-hybridized carbons (Fsp3) is 0.743. The summed E-state index contributed by atoms with van der Waals surface area (Å²) in [5, 5.41) is 81.3. The molecule has 4 heterocycles. The molecule has 5 rings (SSSR count). The van der Waals surface area contributed by atoms with Gasteiger partial charge >= 0.3 is 17.9 Å². The minimum atomic E-state index is -1.75. The predicted molar refractivity (Wildman–Crippen MR) is 177 cm³/mol. The number of carbonyl (C=O) groups is 3. The van der Waals surface area contributed by atoms with Crippen LogP contribution in [0.15, 0.2) is 36.3 Å². The first-order valence-electron chi connectivity index (χ1n) is 17.8. The Hall–Kier alpha value is -3.25. The number of aliphatic hydroxyl groups excluding tert-OH is 8. The van der Waals surface area contributed by atoms with E-state index < -0.39 is 141 Å². The molecule has 0 bridgehead atoms. The number of fused-ring (bicyclic) bond motifs is 1. The molecule has 18 atom stereocenters. The maximum atomic E-state index is 14.0. The summed E-state index contributed by atoms with van der Waals surface area (Å²) in [6.45, 7) is 5.23. The standard InChI is InChI=1S/C35H50O20/c1-5-15-16(6-7-48-14(3)38)18(11-49-32(15)54-34-28(43)26(41)24(39)21(9-36)52-34)31(46)51-20-8-17-19(30(45)47-4)12-50-33(23(17)13(20)2)55-35-29(44)27(42)25(40)22(10-37)53-35/h5,11-13,15-17,20-29,32-37,39-44H,1,6-10H2,2-4H3/t13-,15-,16-,17+,20-,21+,22+,23+,24+,25+,26-,27-,28+,29+,32-,33-,34-,35-/m0/s1. The molecule has 0 aromatic rings. The monoisotopic (exact) mass is 790 g/mol. The molecule has 310 valence electrons. The van der Waals surface area contributed by atoms with Gasteiger partial charge in [0.05, 0.1) is 50.6 Å². The van der Waals surface area contributed by atoms with E-state index >= 15 is 0 Å². The summed E-state index contributed by atoms with van der Waals surface area (Å²) in [6, 6.07) is 0. The molecular formula is C35H50O20. The molecule has 5 aliphatic rings. The van der Waals surface area contributed by atoms with Crippen LogP contribution >= 0.6 is 0 Å². The lowest BCUT2D eigenvalue weighted by atomic mass is 9.81. The van der Waals surface area contributed by atoms with E-state index in [0.29, 0.717) is 0 Å². The van der Waals surface area contributed by atoms with Crippen molar-refractivity contribution in [2.45, 2.75) is 107 Å². The van der Waals surface area contributed by atoms with Crippen LogP contribution in [0.5, 0.6) is 0 Å². The fourth-order valence-electron chi connectivity index (χ4n) is 7.74. The minimum Gasteiger partial charge on any atom is -0.472 e. The van der Waals surface area contributed by atoms with Crippen LogP contribution in [0, 0.1) is 29.6 Å². The Morgan fingerprint density at radius 1 is 0.800 bits per heavy atom. The Balaban J connectivity index is 1.36. The zero-order valence-corrected chi connectivity index (χ0v) is 30.3. The highest BCUT2D eigenvalue weighted by Crippen LogP contribution is 2.49. The van der Waals surface area contributed by atoms with Gasteiger partial charge in [0, 0.05) is 36.5 Å². The maximum absolute atomic E-state index is 14.0. The van der Waals surface area contributed by atoms with Gasteiger partial charge in [-0.2, -0.15) is 0 Å². The maximum Gasteiger partial charge on any atom is 0.337 e. The zero-order chi connectivity index (χ0) is 40.3. The first-order valence-corrected chi connectivity index (χ1v) is 17.8. The third-order valence-electron chi connectivity index (χ3n) is 10.8. The van der Waals surface area contributed by atoms with Crippen LogP contribution in [0.2, 0.25) is 0 Å². The number of esters is 3. The number of rotatable bonds is 13. The number of aliphatic hydroxyl groups is 8. The van der Waals surface area contributed by atoms with Crippen molar-refractivity contribution in [2.75, 3.05) is 26.9 Å². The number of carbonyl (C=O) groups excluding carboxylic acids is 3. The molecule has 0 unspecified atom stereocenters. The van der Waals surface area contributed by atoms with Crippen LogP contribution in [0.1, 0.15) is 26.7 Å².